The fourth-order valence-electron chi connectivity index (χ4n) is 12.8. The summed E-state index contributed by atoms with van der Waals surface area (Å²) in [4.78, 5) is 0. The van der Waals surface area contributed by atoms with E-state index in [1.54, 1.807) is 0 Å². The van der Waals surface area contributed by atoms with E-state index in [-0.39, 0.29) is 0 Å². The molecule has 75 heavy (non-hydrogen) atoms. The van der Waals surface area contributed by atoms with Crippen molar-refractivity contribution < 1.29 is 0 Å². The summed E-state index contributed by atoms with van der Waals surface area (Å²) in [6.07, 6.45) is 0. The molecule has 0 saturated carbocycles. The molecule has 1 aromatic heterocycles. The SMILES string of the molecule is c1ccc(-c2ccc3c(c2)C(c2ccc(-n4c5ccccc5c5c(-c6ccccc6)cccc54)cc2)(c2ccc([Si](c4ccccc4)(c4ccccc4)c4ccccc4)cc2)c2cc(-c4ccccc4)ccc2-3)cc1. The maximum absolute atomic E-state index is 2.83. The highest BCUT2D eigenvalue weighted by molar-refractivity contribution is 7.19. The van der Waals surface area contributed by atoms with Gasteiger partial charge in [-0.25, -0.2) is 0 Å². The van der Waals surface area contributed by atoms with Crippen molar-refractivity contribution in [2.75, 3.05) is 0 Å². The number of nitrogens with zero attached hydrogens (tertiary/aromatic N) is 1. The Kier molecular flexibility index (Phi) is 10.8. The van der Waals surface area contributed by atoms with Crippen molar-refractivity contribution in [2.24, 2.45) is 0 Å². The average molecular weight is 970 g/mol. The Morgan fingerprint density at radius 3 is 1.16 bits per heavy atom. The van der Waals surface area contributed by atoms with Gasteiger partial charge in [0, 0.05) is 16.5 Å². The largest absolute Gasteiger partial charge is 0.309 e. The van der Waals surface area contributed by atoms with Gasteiger partial charge in [0.1, 0.15) is 0 Å². The number of para-hydroxylation sites is 1. The van der Waals surface area contributed by atoms with Crippen LogP contribution in [-0.4, -0.2) is 12.6 Å². The number of rotatable bonds is 10. The fourth-order valence-corrected chi connectivity index (χ4v) is 17.5. The third-order valence-corrected chi connectivity index (χ3v) is 20.9. The van der Waals surface area contributed by atoms with E-state index in [2.05, 4.69) is 314 Å². The third kappa shape index (κ3) is 7.06. The molecule has 1 nitrogen and oxygen atoms in total. The Bertz CT molecular complexity index is 3980. The van der Waals surface area contributed by atoms with E-state index in [9.17, 15) is 0 Å². The lowest BCUT2D eigenvalue weighted by molar-refractivity contribution is 0.769. The van der Waals surface area contributed by atoms with Crippen LogP contribution in [-0.2, 0) is 5.41 Å². The van der Waals surface area contributed by atoms with Crippen molar-refractivity contribution in [1.29, 1.82) is 0 Å². The van der Waals surface area contributed by atoms with Crippen LogP contribution in [0, 0.1) is 0 Å². The van der Waals surface area contributed by atoms with Gasteiger partial charge in [0.2, 0.25) is 0 Å². The van der Waals surface area contributed by atoms with Crippen molar-refractivity contribution in [3.05, 3.63) is 332 Å². The second-order valence-electron chi connectivity index (χ2n) is 19.9. The summed E-state index contributed by atoms with van der Waals surface area (Å²) in [5.41, 5.74) is 17.6. The summed E-state index contributed by atoms with van der Waals surface area (Å²) >= 11 is 0. The third-order valence-electron chi connectivity index (χ3n) is 16.1. The molecular weight excluding hydrogens is 919 g/mol. The molecule has 0 radical (unpaired) electrons. The minimum Gasteiger partial charge on any atom is -0.309 e. The van der Waals surface area contributed by atoms with Crippen LogP contribution in [0.4, 0.5) is 0 Å². The topological polar surface area (TPSA) is 4.93 Å². The first-order valence-corrected chi connectivity index (χ1v) is 28.1. The predicted octanol–water partition coefficient (Wildman–Crippen LogP) is 15.5. The molecule has 0 fully saturated rings. The molecule has 13 aromatic rings. The molecule has 1 heterocycles. The molecule has 0 spiro atoms. The Morgan fingerprint density at radius 1 is 0.267 bits per heavy atom. The first-order chi connectivity index (χ1) is 37.2. The van der Waals surface area contributed by atoms with Gasteiger partial charge < -0.3 is 4.57 Å². The number of benzene rings is 12. The van der Waals surface area contributed by atoms with Crippen molar-refractivity contribution in [3.8, 4) is 50.2 Å². The molecule has 352 valence electrons. The van der Waals surface area contributed by atoms with Gasteiger partial charge in [-0.05, 0) is 124 Å². The summed E-state index contributed by atoms with van der Waals surface area (Å²) in [5.74, 6) is 0. The van der Waals surface area contributed by atoms with Crippen LogP contribution >= 0.6 is 0 Å². The van der Waals surface area contributed by atoms with E-state index in [0.717, 1.165) is 5.69 Å². The maximum atomic E-state index is 2.49. The summed E-state index contributed by atoms with van der Waals surface area (Å²) in [6.45, 7) is 0. The lowest BCUT2D eigenvalue weighted by Crippen LogP contribution is -2.74. The van der Waals surface area contributed by atoms with E-state index < -0.39 is 13.5 Å². The quantitative estimate of drug-likeness (QED) is 0.0951. The van der Waals surface area contributed by atoms with Crippen LogP contribution in [0.2, 0.25) is 0 Å². The number of hydrogen-bond donors (Lipinski definition) is 0. The zero-order valence-electron chi connectivity index (χ0n) is 41.4. The molecule has 0 atom stereocenters. The molecule has 0 bridgehead atoms. The zero-order valence-corrected chi connectivity index (χ0v) is 42.4. The summed E-state index contributed by atoms with van der Waals surface area (Å²) in [5, 5.41) is 7.93. The Morgan fingerprint density at radius 2 is 0.667 bits per heavy atom. The van der Waals surface area contributed by atoms with Gasteiger partial charge in [-0.15, -0.1) is 0 Å². The second kappa shape index (κ2) is 18.3. The monoisotopic (exact) mass is 969 g/mol. The molecule has 12 aromatic carbocycles. The van der Waals surface area contributed by atoms with E-state index in [1.165, 1.54) is 109 Å². The molecule has 0 aliphatic heterocycles. The molecule has 0 unspecified atom stereocenters. The summed E-state index contributed by atoms with van der Waals surface area (Å²) in [7, 11) is -2.83. The van der Waals surface area contributed by atoms with Gasteiger partial charge in [0.25, 0.3) is 0 Å². The highest BCUT2D eigenvalue weighted by atomic mass is 28.3. The molecule has 0 amide bonds. The van der Waals surface area contributed by atoms with Crippen LogP contribution in [0.15, 0.2) is 309 Å². The smallest absolute Gasteiger partial charge is 0.179 e. The summed E-state index contributed by atoms with van der Waals surface area (Å²) in [6, 6.07) is 116. The van der Waals surface area contributed by atoms with Crippen molar-refractivity contribution >= 4 is 50.6 Å². The highest BCUT2D eigenvalue weighted by Crippen LogP contribution is 2.57. The average Bonchev–Trinajstić information content (AvgIpc) is 4.02. The lowest BCUT2D eigenvalue weighted by Gasteiger charge is -2.37. The van der Waals surface area contributed by atoms with Gasteiger partial charge in [0.05, 0.1) is 16.4 Å². The molecular formula is C73H51NSi. The lowest BCUT2D eigenvalue weighted by atomic mass is 9.67. The first kappa shape index (κ1) is 44.4. The van der Waals surface area contributed by atoms with Gasteiger partial charge in [-0.2, -0.15) is 0 Å². The van der Waals surface area contributed by atoms with E-state index in [0.29, 0.717) is 0 Å². The van der Waals surface area contributed by atoms with Crippen molar-refractivity contribution in [3.63, 3.8) is 0 Å². The minimum absolute atomic E-state index is 0.699. The summed E-state index contributed by atoms with van der Waals surface area (Å²) < 4.78 is 2.46. The highest BCUT2D eigenvalue weighted by Gasteiger charge is 2.48. The molecule has 14 rings (SSSR count). The number of aromatic nitrogens is 1. The normalized spacial score (nSPS) is 12.6. The number of fused-ring (bicyclic) bond motifs is 6. The van der Waals surface area contributed by atoms with Crippen LogP contribution in [0.1, 0.15) is 22.3 Å². The molecule has 0 saturated heterocycles. The Labute approximate surface area is 440 Å². The van der Waals surface area contributed by atoms with Crippen LogP contribution < -0.4 is 20.7 Å². The van der Waals surface area contributed by atoms with E-state index >= 15 is 0 Å². The van der Waals surface area contributed by atoms with Crippen molar-refractivity contribution in [1.82, 2.24) is 4.57 Å². The zero-order chi connectivity index (χ0) is 49.8. The Balaban J connectivity index is 1.04. The molecule has 0 N–H and O–H groups in total. The van der Waals surface area contributed by atoms with Crippen LogP contribution in [0.3, 0.4) is 0 Å². The molecule has 1 aliphatic carbocycles. The predicted molar refractivity (Wildman–Crippen MR) is 318 cm³/mol. The molecule has 1 aliphatic rings. The van der Waals surface area contributed by atoms with E-state index in [4.69, 9.17) is 0 Å². The fraction of sp³-hybridized carbons (Fsp3) is 0.0137. The van der Waals surface area contributed by atoms with E-state index in [1.807, 2.05) is 0 Å². The van der Waals surface area contributed by atoms with Crippen LogP contribution in [0.5, 0.6) is 0 Å². The molecule has 2 heteroatoms. The second-order valence-corrected chi connectivity index (χ2v) is 23.7. The number of hydrogen-bond acceptors (Lipinski definition) is 0. The minimum atomic E-state index is -2.83. The first-order valence-electron chi connectivity index (χ1n) is 26.1. The van der Waals surface area contributed by atoms with Gasteiger partial charge in [-0.1, -0.05) is 273 Å². The van der Waals surface area contributed by atoms with Gasteiger partial charge >= 0.3 is 0 Å². The van der Waals surface area contributed by atoms with Gasteiger partial charge in [0.15, 0.2) is 8.07 Å². The van der Waals surface area contributed by atoms with Crippen molar-refractivity contribution in [2.45, 2.75) is 5.41 Å². The van der Waals surface area contributed by atoms with Gasteiger partial charge in [-0.3, -0.25) is 0 Å². The standard InChI is InChI=1S/C73H51NSi/c1-7-22-52(23-8-1)55-38-48-65-66-49-39-56(53-24-9-2-10-25-53)51-69(66)73(68(65)50-55,58-42-46-63(47-43-58)75(60-28-13-4-14-29-60,61-30-15-5-16-31-61)62-32-17-6-18-33-62)57-40-44-59(45-41-57)74-70-36-20-19-34-67(70)72-64(35-21-37-71(72)74)54-26-11-3-12-27-54/h1-51H. The maximum Gasteiger partial charge on any atom is 0.179 e. The Hall–Kier alpha value is -9.34. The van der Waals surface area contributed by atoms with Crippen LogP contribution in [0.25, 0.3) is 72.0 Å².